The van der Waals surface area contributed by atoms with E-state index in [4.69, 9.17) is 12.2 Å². The van der Waals surface area contributed by atoms with Crippen LogP contribution in [0, 0.1) is 6.92 Å². The summed E-state index contributed by atoms with van der Waals surface area (Å²) >= 11 is 7.24. The minimum absolute atomic E-state index is 0.0565. The highest BCUT2D eigenvalue weighted by Gasteiger charge is 2.16. The number of hydrogen-bond donors (Lipinski definition) is 2. The average Bonchev–Trinajstić information content (AvgIpc) is 3.07. The molecule has 0 aliphatic heterocycles. The number of thiophene rings is 1. The number of nitrogens with one attached hydrogen (secondary N) is 2. The summed E-state index contributed by atoms with van der Waals surface area (Å²) in [6, 6.07) is 22.8. The van der Waals surface area contributed by atoms with E-state index in [0.29, 0.717) is 5.11 Å². The van der Waals surface area contributed by atoms with Crippen molar-refractivity contribution in [2.75, 3.05) is 5.32 Å². The molecule has 0 aliphatic carbocycles. The van der Waals surface area contributed by atoms with Gasteiger partial charge in [0.1, 0.15) is 0 Å². The molecule has 1 heterocycles. The summed E-state index contributed by atoms with van der Waals surface area (Å²) in [5.41, 5.74) is 3.40. The van der Waals surface area contributed by atoms with Crippen LogP contribution in [0.3, 0.4) is 0 Å². The van der Waals surface area contributed by atoms with Gasteiger partial charge in [-0.3, -0.25) is 0 Å². The first kappa shape index (κ1) is 15.7. The number of anilines is 1. The summed E-state index contributed by atoms with van der Waals surface area (Å²) in [5, 5.41) is 9.41. The molecule has 2 N–H and O–H groups in total. The lowest BCUT2D eigenvalue weighted by Crippen LogP contribution is -2.32. The molecule has 23 heavy (non-hydrogen) atoms. The zero-order chi connectivity index (χ0) is 16.1. The van der Waals surface area contributed by atoms with E-state index in [9.17, 15) is 0 Å². The lowest BCUT2D eigenvalue weighted by atomic mass is 10.1. The number of thiocarbonyl (C=S) groups is 1. The predicted molar refractivity (Wildman–Crippen MR) is 103 cm³/mol. The largest absolute Gasteiger partial charge is 0.351 e. The SMILES string of the molecule is Cc1cccc(NC(=S)N[C@@H](c2ccccc2)c2cccs2)c1. The van der Waals surface area contributed by atoms with Crippen molar-refractivity contribution in [3.8, 4) is 0 Å². The Labute approximate surface area is 146 Å². The summed E-state index contributed by atoms with van der Waals surface area (Å²) in [6.07, 6.45) is 0. The van der Waals surface area contributed by atoms with Crippen molar-refractivity contribution in [1.29, 1.82) is 0 Å². The van der Waals surface area contributed by atoms with Crippen molar-refractivity contribution < 1.29 is 0 Å². The topological polar surface area (TPSA) is 24.1 Å². The molecule has 2 aromatic carbocycles. The van der Waals surface area contributed by atoms with Crippen LogP contribution in [0.5, 0.6) is 0 Å². The number of benzene rings is 2. The molecule has 2 nitrogen and oxygen atoms in total. The third-order valence-electron chi connectivity index (χ3n) is 3.51. The van der Waals surface area contributed by atoms with Crippen molar-refractivity contribution in [2.24, 2.45) is 0 Å². The second kappa shape index (κ2) is 7.40. The third-order valence-corrected chi connectivity index (χ3v) is 4.67. The van der Waals surface area contributed by atoms with E-state index in [1.165, 1.54) is 16.0 Å². The first-order valence-corrected chi connectivity index (χ1v) is 8.74. The van der Waals surface area contributed by atoms with Gasteiger partial charge in [-0.2, -0.15) is 0 Å². The Morgan fingerprint density at radius 2 is 1.83 bits per heavy atom. The zero-order valence-corrected chi connectivity index (χ0v) is 14.5. The van der Waals surface area contributed by atoms with Gasteiger partial charge in [0.15, 0.2) is 5.11 Å². The monoisotopic (exact) mass is 338 g/mol. The van der Waals surface area contributed by atoms with Gasteiger partial charge in [0.05, 0.1) is 6.04 Å². The molecule has 0 unspecified atom stereocenters. The standard InChI is InChI=1S/C19H18N2S2/c1-14-7-5-10-16(13-14)20-19(22)21-18(17-11-6-12-23-17)15-8-3-2-4-9-15/h2-13,18H,1H3,(H2,20,21,22)/t18-/m0/s1. The normalized spacial score (nSPS) is 11.7. The second-order valence-electron chi connectivity index (χ2n) is 5.33. The van der Waals surface area contributed by atoms with E-state index in [-0.39, 0.29) is 6.04 Å². The molecule has 1 atom stereocenters. The summed E-state index contributed by atoms with van der Waals surface area (Å²) < 4.78 is 0. The van der Waals surface area contributed by atoms with Gasteiger partial charge < -0.3 is 10.6 Å². The molecular formula is C19H18N2S2. The molecule has 116 valence electrons. The Morgan fingerprint density at radius 3 is 2.52 bits per heavy atom. The minimum Gasteiger partial charge on any atom is -0.351 e. The van der Waals surface area contributed by atoms with E-state index in [0.717, 1.165) is 5.69 Å². The summed E-state index contributed by atoms with van der Waals surface area (Å²) in [4.78, 5) is 1.24. The van der Waals surface area contributed by atoms with Crippen molar-refractivity contribution in [3.63, 3.8) is 0 Å². The second-order valence-corrected chi connectivity index (χ2v) is 6.71. The Balaban J connectivity index is 1.77. The fourth-order valence-electron chi connectivity index (χ4n) is 2.44. The minimum atomic E-state index is 0.0565. The number of rotatable bonds is 4. The van der Waals surface area contributed by atoms with E-state index in [1.54, 1.807) is 11.3 Å². The molecule has 0 spiro atoms. The number of aryl methyl sites for hydroxylation is 1. The van der Waals surface area contributed by atoms with Crippen LogP contribution >= 0.6 is 23.6 Å². The van der Waals surface area contributed by atoms with Crippen molar-refractivity contribution in [1.82, 2.24) is 5.32 Å². The van der Waals surface area contributed by atoms with Crippen LogP contribution in [-0.2, 0) is 0 Å². The molecule has 0 saturated heterocycles. The Kier molecular flexibility index (Phi) is 5.05. The molecule has 0 amide bonds. The molecular weight excluding hydrogens is 320 g/mol. The molecule has 0 saturated carbocycles. The molecule has 0 fully saturated rings. The fourth-order valence-corrected chi connectivity index (χ4v) is 3.48. The van der Waals surface area contributed by atoms with Crippen LogP contribution in [0.25, 0.3) is 0 Å². The highest BCUT2D eigenvalue weighted by atomic mass is 32.1. The summed E-state index contributed by atoms with van der Waals surface area (Å²) in [5.74, 6) is 0. The Bertz CT molecular complexity index is 767. The van der Waals surface area contributed by atoms with Crippen LogP contribution < -0.4 is 10.6 Å². The molecule has 3 rings (SSSR count). The van der Waals surface area contributed by atoms with Crippen LogP contribution in [0.2, 0.25) is 0 Å². The molecule has 0 aliphatic rings. The van der Waals surface area contributed by atoms with Crippen molar-refractivity contribution in [3.05, 3.63) is 88.1 Å². The fraction of sp³-hybridized carbons (Fsp3) is 0.105. The van der Waals surface area contributed by atoms with Gasteiger partial charge in [0, 0.05) is 10.6 Å². The van der Waals surface area contributed by atoms with E-state index >= 15 is 0 Å². The van der Waals surface area contributed by atoms with Gasteiger partial charge in [-0.05, 0) is 53.8 Å². The Hall–Kier alpha value is -2.17. The third kappa shape index (κ3) is 4.18. The maximum Gasteiger partial charge on any atom is 0.171 e. The molecule has 0 radical (unpaired) electrons. The summed E-state index contributed by atoms with van der Waals surface area (Å²) in [7, 11) is 0. The average molecular weight is 339 g/mol. The summed E-state index contributed by atoms with van der Waals surface area (Å²) in [6.45, 7) is 2.07. The Morgan fingerprint density at radius 1 is 1.00 bits per heavy atom. The van der Waals surface area contributed by atoms with Gasteiger partial charge in [0.2, 0.25) is 0 Å². The van der Waals surface area contributed by atoms with Gasteiger partial charge in [-0.25, -0.2) is 0 Å². The molecule has 4 heteroatoms. The van der Waals surface area contributed by atoms with Gasteiger partial charge in [-0.1, -0.05) is 48.5 Å². The van der Waals surface area contributed by atoms with E-state index in [1.807, 2.05) is 18.2 Å². The van der Waals surface area contributed by atoms with Crippen molar-refractivity contribution in [2.45, 2.75) is 13.0 Å². The van der Waals surface area contributed by atoms with Crippen LogP contribution in [-0.4, -0.2) is 5.11 Å². The smallest absolute Gasteiger partial charge is 0.171 e. The lowest BCUT2D eigenvalue weighted by molar-refractivity contribution is 0.784. The molecule has 1 aromatic heterocycles. The first-order valence-electron chi connectivity index (χ1n) is 7.45. The quantitative estimate of drug-likeness (QED) is 0.645. The van der Waals surface area contributed by atoms with Crippen LogP contribution in [0.4, 0.5) is 5.69 Å². The highest BCUT2D eigenvalue weighted by Crippen LogP contribution is 2.26. The number of hydrogen-bond acceptors (Lipinski definition) is 2. The maximum atomic E-state index is 5.51. The lowest BCUT2D eigenvalue weighted by Gasteiger charge is -2.20. The highest BCUT2D eigenvalue weighted by molar-refractivity contribution is 7.80. The molecule has 3 aromatic rings. The van der Waals surface area contributed by atoms with Crippen LogP contribution in [0.1, 0.15) is 22.0 Å². The first-order chi connectivity index (χ1) is 11.2. The van der Waals surface area contributed by atoms with Gasteiger partial charge in [-0.15, -0.1) is 11.3 Å². The van der Waals surface area contributed by atoms with Crippen LogP contribution in [0.15, 0.2) is 72.1 Å². The zero-order valence-electron chi connectivity index (χ0n) is 12.8. The van der Waals surface area contributed by atoms with E-state index < -0.39 is 0 Å². The maximum absolute atomic E-state index is 5.51. The predicted octanol–water partition coefficient (Wildman–Crippen LogP) is 5.13. The van der Waals surface area contributed by atoms with Gasteiger partial charge in [0.25, 0.3) is 0 Å². The van der Waals surface area contributed by atoms with Gasteiger partial charge >= 0.3 is 0 Å². The molecule has 0 bridgehead atoms. The van der Waals surface area contributed by atoms with E-state index in [2.05, 4.69) is 71.5 Å². The van der Waals surface area contributed by atoms with Crippen molar-refractivity contribution >= 4 is 34.4 Å².